The van der Waals surface area contributed by atoms with Gasteiger partial charge in [-0.25, -0.2) is 4.98 Å². The molecule has 268 valence electrons. The van der Waals surface area contributed by atoms with E-state index in [-0.39, 0.29) is 0 Å². The second-order valence-electron chi connectivity index (χ2n) is 15.2. The first kappa shape index (κ1) is 31.0. The number of benzene rings is 9. The summed E-state index contributed by atoms with van der Waals surface area (Å²) in [5.74, 6) is 0.589. The number of hydrogen-bond donors (Lipinski definition) is 0. The van der Waals surface area contributed by atoms with Crippen molar-refractivity contribution in [1.82, 2.24) is 14.5 Å². The molecule has 0 saturated carbocycles. The van der Waals surface area contributed by atoms with Crippen molar-refractivity contribution >= 4 is 139 Å². The average molecular weight is 774 g/mol. The molecule has 0 N–H and O–H groups in total. The van der Waals surface area contributed by atoms with E-state index in [1.165, 1.54) is 78.0 Å². The smallest absolute Gasteiger partial charge is 0.238 e. The summed E-state index contributed by atoms with van der Waals surface area (Å²) in [7, 11) is 0. The second kappa shape index (κ2) is 11.3. The molecule has 0 aliphatic rings. The van der Waals surface area contributed by atoms with E-state index >= 15 is 0 Å². The van der Waals surface area contributed by atoms with E-state index in [1.54, 1.807) is 0 Å². The van der Waals surface area contributed by atoms with Gasteiger partial charge in [-0.15, -0.1) is 22.7 Å². The zero-order valence-electron chi connectivity index (χ0n) is 30.7. The van der Waals surface area contributed by atoms with Gasteiger partial charge in [0.15, 0.2) is 0 Å². The normalized spacial score (nSPS) is 12.5. The molecule has 58 heavy (non-hydrogen) atoms. The lowest BCUT2D eigenvalue weighted by Gasteiger charge is -2.13. The molecule has 0 aliphatic heterocycles. The van der Waals surface area contributed by atoms with Gasteiger partial charge in [0.05, 0.1) is 26.8 Å². The van der Waals surface area contributed by atoms with Crippen LogP contribution in [0, 0.1) is 0 Å². The molecule has 0 amide bonds. The number of furan rings is 1. The Labute approximate surface area is 337 Å². The van der Waals surface area contributed by atoms with Crippen molar-refractivity contribution in [2.75, 3.05) is 0 Å². The highest BCUT2D eigenvalue weighted by Gasteiger charge is 2.27. The first-order chi connectivity index (χ1) is 28.8. The van der Waals surface area contributed by atoms with Crippen molar-refractivity contribution in [3.63, 3.8) is 0 Å². The van der Waals surface area contributed by atoms with E-state index < -0.39 is 0 Å². The second-order valence-corrected chi connectivity index (χ2v) is 17.3. The molecule has 14 aromatic rings. The summed E-state index contributed by atoms with van der Waals surface area (Å²) in [5, 5.41) is 16.7. The predicted molar refractivity (Wildman–Crippen MR) is 247 cm³/mol. The van der Waals surface area contributed by atoms with Crippen LogP contribution in [0.3, 0.4) is 0 Å². The van der Waals surface area contributed by atoms with Gasteiger partial charge in [0.25, 0.3) is 0 Å². The number of thiophene rings is 2. The molecular weight excluding hydrogens is 747 g/mol. The van der Waals surface area contributed by atoms with Crippen molar-refractivity contribution in [2.24, 2.45) is 0 Å². The van der Waals surface area contributed by atoms with Gasteiger partial charge in [-0.3, -0.25) is 4.57 Å². The lowest BCUT2D eigenvalue weighted by atomic mass is 9.96. The molecule has 14 rings (SSSR count). The Bertz CT molecular complexity index is 4110. The number of rotatable bonds is 2. The van der Waals surface area contributed by atoms with Crippen molar-refractivity contribution < 1.29 is 4.42 Å². The topological polar surface area (TPSA) is 43.9 Å². The van der Waals surface area contributed by atoms with Crippen LogP contribution < -0.4 is 0 Å². The Balaban J connectivity index is 1.22. The summed E-state index contributed by atoms with van der Waals surface area (Å²) >= 11 is 3.69. The summed E-state index contributed by atoms with van der Waals surface area (Å²) in [6.07, 6.45) is 0. The minimum Gasteiger partial charge on any atom is -0.437 e. The van der Waals surface area contributed by atoms with Crippen LogP contribution >= 0.6 is 22.7 Å². The number of para-hydroxylation sites is 1. The van der Waals surface area contributed by atoms with Gasteiger partial charge in [0.2, 0.25) is 11.7 Å². The summed E-state index contributed by atoms with van der Waals surface area (Å²) in [6, 6.07) is 59.1. The summed E-state index contributed by atoms with van der Waals surface area (Å²) in [5.41, 5.74) is 5.49. The molecule has 5 heterocycles. The van der Waals surface area contributed by atoms with Crippen LogP contribution in [-0.4, -0.2) is 14.5 Å². The maximum absolute atomic E-state index is 6.74. The first-order valence-electron chi connectivity index (χ1n) is 19.5. The maximum atomic E-state index is 6.74. The van der Waals surface area contributed by atoms with E-state index in [0.717, 1.165) is 44.0 Å². The zero-order valence-corrected chi connectivity index (χ0v) is 32.3. The molecular formula is C52H27N3OS2. The van der Waals surface area contributed by atoms with Crippen LogP contribution in [0.5, 0.6) is 0 Å². The van der Waals surface area contributed by atoms with E-state index in [2.05, 4.69) is 156 Å². The standard InChI is InChI=1S/C52H27N3OS2/c1-2-14-29-28(13-1)25-26-38-45(29)46-33-18-6-5-17-32(33)44-36-21-9-12-24-41(36)58-50(44)49(46)55(38)52-53-48(47-34-19-7-10-22-39(34)56-51(47)54-52)37-27-42-43(31-16-4-3-15-30(31)37)35-20-8-11-23-40(35)57-42/h1-27H. The molecule has 0 radical (unpaired) electrons. The molecule has 4 nitrogen and oxygen atoms in total. The SMILES string of the molecule is c1ccc2c(c1)ccc1c2c2c3ccccc3c3c4ccccc4sc3c2n1-c1nc(-c2cc3sc4ccccc4c3c3ccccc23)c2c(n1)oc1ccccc12. The Morgan fingerprint density at radius 1 is 0.431 bits per heavy atom. The van der Waals surface area contributed by atoms with Crippen LogP contribution in [0.1, 0.15) is 0 Å². The zero-order chi connectivity index (χ0) is 37.6. The highest BCUT2D eigenvalue weighted by molar-refractivity contribution is 7.27. The van der Waals surface area contributed by atoms with Gasteiger partial charge >= 0.3 is 0 Å². The fourth-order valence-electron chi connectivity index (χ4n) is 9.83. The van der Waals surface area contributed by atoms with Crippen LogP contribution in [0.25, 0.3) is 134 Å². The van der Waals surface area contributed by atoms with Gasteiger partial charge in [-0.1, -0.05) is 133 Å². The van der Waals surface area contributed by atoms with Gasteiger partial charge in [-0.05, 0) is 62.6 Å². The third-order valence-electron chi connectivity index (χ3n) is 12.2. The van der Waals surface area contributed by atoms with E-state index in [9.17, 15) is 0 Å². The molecule has 9 aromatic carbocycles. The molecule has 0 bridgehead atoms. The van der Waals surface area contributed by atoms with Gasteiger partial charge in [0, 0.05) is 57.4 Å². The van der Waals surface area contributed by atoms with Crippen molar-refractivity contribution in [3.8, 4) is 17.2 Å². The highest BCUT2D eigenvalue weighted by Crippen LogP contribution is 2.50. The summed E-state index contributed by atoms with van der Waals surface area (Å²) < 4.78 is 14.1. The van der Waals surface area contributed by atoms with E-state index in [4.69, 9.17) is 14.4 Å². The number of aromatic nitrogens is 3. The van der Waals surface area contributed by atoms with Crippen molar-refractivity contribution in [3.05, 3.63) is 164 Å². The molecule has 0 atom stereocenters. The van der Waals surface area contributed by atoms with Crippen LogP contribution in [0.15, 0.2) is 168 Å². The molecule has 5 aromatic heterocycles. The van der Waals surface area contributed by atoms with Gasteiger partial charge in [-0.2, -0.15) is 4.98 Å². The molecule has 0 spiro atoms. The third-order valence-corrected chi connectivity index (χ3v) is 14.5. The Morgan fingerprint density at radius 2 is 1.03 bits per heavy atom. The molecule has 6 heteroatoms. The first-order valence-corrected chi connectivity index (χ1v) is 21.1. The van der Waals surface area contributed by atoms with Gasteiger partial charge in [0.1, 0.15) is 5.58 Å². The largest absolute Gasteiger partial charge is 0.437 e. The highest BCUT2D eigenvalue weighted by atomic mass is 32.1. The van der Waals surface area contributed by atoms with Crippen molar-refractivity contribution in [2.45, 2.75) is 0 Å². The fraction of sp³-hybridized carbons (Fsp3) is 0. The Kier molecular flexibility index (Phi) is 6.02. The average Bonchev–Trinajstić information content (AvgIpc) is 4.05. The summed E-state index contributed by atoms with van der Waals surface area (Å²) in [6.45, 7) is 0. The van der Waals surface area contributed by atoms with Crippen LogP contribution in [0.4, 0.5) is 0 Å². The number of nitrogens with zero attached hydrogens (tertiary/aromatic N) is 3. The van der Waals surface area contributed by atoms with Gasteiger partial charge < -0.3 is 4.42 Å². The Morgan fingerprint density at radius 3 is 1.83 bits per heavy atom. The van der Waals surface area contributed by atoms with Crippen LogP contribution in [-0.2, 0) is 0 Å². The predicted octanol–water partition coefficient (Wildman–Crippen LogP) is 15.3. The van der Waals surface area contributed by atoms with E-state index in [0.29, 0.717) is 11.7 Å². The number of fused-ring (bicyclic) bond motifs is 20. The molecule has 0 fully saturated rings. The lowest BCUT2D eigenvalue weighted by Crippen LogP contribution is -2.03. The molecule has 0 unspecified atom stereocenters. The third kappa shape index (κ3) is 3.98. The summed E-state index contributed by atoms with van der Waals surface area (Å²) in [4.78, 5) is 11.2. The lowest BCUT2D eigenvalue weighted by molar-refractivity contribution is 0.651. The minimum atomic E-state index is 0.575. The monoisotopic (exact) mass is 773 g/mol. The maximum Gasteiger partial charge on any atom is 0.238 e. The van der Waals surface area contributed by atoms with Crippen molar-refractivity contribution in [1.29, 1.82) is 0 Å². The van der Waals surface area contributed by atoms with E-state index in [1.807, 2.05) is 34.8 Å². The van der Waals surface area contributed by atoms with Crippen LogP contribution in [0.2, 0.25) is 0 Å². The quantitative estimate of drug-likeness (QED) is 0.176. The molecule has 0 aliphatic carbocycles. The minimum absolute atomic E-state index is 0.575. The Hall–Kier alpha value is -7.12. The fourth-order valence-corrected chi connectivity index (χ4v) is 12.3. The molecule has 0 saturated heterocycles. The number of hydrogen-bond acceptors (Lipinski definition) is 5.